The van der Waals surface area contributed by atoms with Crippen LogP contribution in [0, 0.1) is 23.2 Å². The van der Waals surface area contributed by atoms with Gasteiger partial charge in [-0.15, -0.1) is 0 Å². The van der Waals surface area contributed by atoms with E-state index >= 15 is 4.39 Å². The number of piperidine rings is 1. The molecule has 2 fully saturated rings. The number of hydrogen-bond acceptors (Lipinski definition) is 8. The van der Waals surface area contributed by atoms with Crippen LogP contribution in [0.2, 0.25) is 5.02 Å². The Kier molecular flexibility index (Phi) is 10.3. The van der Waals surface area contributed by atoms with E-state index in [1.165, 1.54) is 13.0 Å². The zero-order valence-corrected chi connectivity index (χ0v) is 31.4. The molecular formula is C39H47ClFN5O5S. The largest absolute Gasteiger partial charge is 0.487 e. The number of benzene rings is 2. The van der Waals surface area contributed by atoms with Crippen LogP contribution in [0.25, 0.3) is 0 Å². The first kappa shape index (κ1) is 36.7. The summed E-state index contributed by atoms with van der Waals surface area (Å²) in [5.41, 5.74) is 2.95. The number of amides is 2. The first-order valence-electron chi connectivity index (χ1n) is 18.6. The van der Waals surface area contributed by atoms with Crippen molar-refractivity contribution in [3.05, 3.63) is 69.5 Å². The van der Waals surface area contributed by atoms with E-state index in [9.17, 15) is 23.3 Å². The monoisotopic (exact) mass is 751 g/mol. The quantitative estimate of drug-likeness (QED) is 0.384. The van der Waals surface area contributed by atoms with Crippen LogP contribution in [0.1, 0.15) is 92.3 Å². The number of anilines is 1. The molecule has 0 unspecified atom stereocenters. The van der Waals surface area contributed by atoms with Gasteiger partial charge in [0, 0.05) is 49.7 Å². The van der Waals surface area contributed by atoms with Gasteiger partial charge in [0.2, 0.25) is 15.9 Å². The highest BCUT2D eigenvalue weighted by molar-refractivity contribution is 7.90. The minimum atomic E-state index is -4.14. The van der Waals surface area contributed by atoms with Gasteiger partial charge < -0.3 is 14.5 Å². The van der Waals surface area contributed by atoms with Gasteiger partial charge in [-0.1, -0.05) is 24.6 Å². The number of nitrogens with one attached hydrogen (secondary N) is 1. The number of nitrogens with zero attached hydrogens (tertiary/aromatic N) is 4. The van der Waals surface area contributed by atoms with E-state index in [0.29, 0.717) is 81.3 Å². The molecule has 5 heterocycles. The minimum Gasteiger partial charge on any atom is -0.487 e. The standard InChI is InChI=1S/C39H47ClFN5O5S/c1-25-7-9-33(41)36(38(48)44-18-12-27(11-15-42)13-19-44)46-17-5-14-39(46)24-45-16-4-3-6-28-20-30(40)22-32(39)31(28)23-51-35-10-8-29(21-34(35)45)37(47)43-52(49,50)26(25)2/h8-10,20-22,25-27,36H,3-7,11-14,16-19,23-24H2,1-2H3,(H,43,47)/b33-9-/t25-,26+,36+,39-/m0/s1. The lowest BCUT2D eigenvalue weighted by Gasteiger charge is -2.47. The SMILES string of the molecule is C[C@@H]1[C@@H](C)C/C=C(\F)[C@H](C(=O)N2CCC(CC#N)CC2)N2CCC[C@@]23CN2CCCCc4cc(Cl)cc3c4COc3ccc(cc32)C(=O)NS1(=O)=O. The Labute approximate surface area is 311 Å². The molecule has 2 aromatic carbocycles. The van der Waals surface area contributed by atoms with E-state index in [1.54, 1.807) is 30.0 Å². The summed E-state index contributed by atoms with van der Waals surface area (Å²) in [6, 6.07) is 9.97. The van der Waals surface area contributed by atoms with E-state index in [0.717, 1.165) is 36.0 Å². The molecular weight excluding hydrogens is 705 g/mol. The highest BCUT2D eigenvalue weighted by Crippen LogP contribution is 2.49. The molecule has 13 heteroatoms. The van der Waals surface area contributed by atoms with Crippen molar-refractivity contribution in [3.63, 3.8) is 0 Å². The molecule has 1 spiro atoms. The lowest BCUT2D eigenvalue weighted by atomic mass is 9.79. The zero-order valence-electron chi connectivity index (χ0n) is 29.9. The van der Waals surface area contributed by atoms with Gasteiger partial charge in [-0.2, -0.15) is 5.26 Å². The fourth-order valence-corrected chi connectivity index (χ4v) is 10.5. The average Bonchev–Trinajstić information content (AvgIpc) is 3.54. The van der Waals surface area contributed by atoms with Crippen molar-refractivity contribution >= 4 is 39.1 Å². The summed E-state index contributed by atoms with van der Waals surface area (Å²) in [5.74, 6) is -1.50. The third-order valence-electron chi connectivity index (χ3n) is 12.2. The first-order valence-corrected chi connectivity index (χ1v) is 20.5. The summed E-state index contributed by atoms with van der Waals surface area (Å²) in [5, 5.41) is 8.84. The predicted molar refractivity (Wildman–Crippen MR) is 197 cm³/mol. The summed E-state index contributed by atoms with van der Waals surface area (Å²) < 4.78 is 53.1. The minimum absolute atomic E-state index is 0.0440. The number of carbonyl (C=O) groups excluding carboxylic acids is 2. The summed E-state index contributed by atoms with van der Waals surface area (Å²) in [4.78, 5) is 34.4. The second-order valence-electron chi connectivity index (χ2n) is 15.3. The second-order valence-corrected chi connectivity index (χ2v) is 17.8. The normalized spacial score (nSPS) is 29.2. The molecule has 0 radical (unpaired) electrons. The maximum atomic E-state index is 17.3. The fourth-order valence-electron chi connectivity index (χ4n) is 8.97. The molecule has 10 nitrogen and oxygen atoms in total. The summed E-state index contributed by atoms with van der Waals surface area (Å²) in [6.07, 6.45) is 7.00. The molecule has 4 atom stereocenters. The molecule has 2 saturated heterocycles. The number of ether oxygens (including phenoxy) is 1. The predicted octanol–water partition coefficient (Wildman–Crippen LogP) is 6.23. The third-order valence-corrected chi connectivity index (χ3v) is 14.3. The molecule has 5 aliphatic heterocycles. The lowest BCUT2D eigenvalue weighted by Crippen LogP contribution is -2.59. The highest BCUT2D eigenvalue weighted by Gasteiger charge is 2.52. The molecule has 0 saturated carbocycles. The summed E-state index contributed by atoms with van der Waals surface area (Å²) in [6.45, 7) is 5.71. The van der Waals surface area contributed by atoms with Gasteiger partial charge in [0.05, 0.1) is 22.5 Å². The Morgan fingerprint density at radius 2 is 1.90 bits per heavy atom. The van der Waals surface area contributed by atoms with Gasteiger partial charge in [0.1, 0.15) is 24.2 Å². The Morgan fingerprint density at radius 3 is 2.67 bits per heavy atom. The van der Waals surface area contributed by atoms with Crippen molar-refractivity contribution in [2.75, 3.05) is 37.6 Å². The zero-order chi connectivity index (χ0) is 36.8. The summed E-state index contributed by atoms with van der Waals surface area (Å²) in [7, 11) is -4.14. The Balaban J connectivity index is 1.45. The molecule has 7 rings (SSSR count). The number of carbonyl (C=O) groups is 2. The first-order chi connectivity index (χ1) is 24.9. The van der Waals surface area contributed by atoms with Crippen molar-refractivity contribution < 1.29 is 27.1 Å². The average molecular weight is 752 g/mol. The highest BCUT2D eigenvalue weighted by atomic mass is 35.5. The number of allylic oxidation sites excluding steroid dienone is 1. The molecule has 1 N–H and O–H groups in total. The van der Waals surface area contributed by atoms with Crippen LogP contribution in [0.15, 0.2) is 42.2 Å². The van der Waals surface area contributed by atoms with Gasteiger partial charge in [-0.3, -0.25) is 14.5 Å². The third kappa shape index (κ3) is 6.80. The van der Waals surface area contributed by atoms with E-state index < -0.39 is 44.5 Å². The van der Waals surface area contributed by atoms with Gasteiger partial charge in [-0.05, 0) is 117 Å². The number of fused-ring (bicyclic) bond motifs is 1. The second kappa shape index (κ2) is 14.6. The molecule has 278 valence electrons. The maximum absolute atomic E-state index is 17.3. The topological polar surface area (TPSA) is 123 Å². The number of rotatable bonds is 2. The van der Waals surface area contributed by atoms with Crippen LogP contribution < -0.4 is 14.4 Å². The van der Waals surface area contributed by atoms with Gasteiger partial charge in [0.15, 0.2) is 0 Å². The van der Waals surface area contributed by atoms with Crippen LogP contribution in [-0.4, -0.2) is 74.0 Å². The lowest BCUT2D eigenvalue weighted by molar-refractivity contribution is -0.139. The number of halogens is 2. The van der Waals surface area contributed by atoms with Crippen molar-refractivity contribution in [1.82, 2.24) is 14.5 Å². The van der Waals surface area contributed by atoms with Crippen LogP contribution >= 0.6 is 11.6 Å². The smallest absolute Gasteiger partial charge is 0.264 e. The van der Waals surface area contributed by atoms with Gasteiger partial charge in [0.25, 0.3) is 5.91 Å². The van der Waals surface area contributed by atoms with Gasteiger partial charge >= 0.3 is 0 Å². The Bertz CT molecular complexity index is 1930. The molecule has 0 aliphatic carbocycles. The molecule has 52 heavy (non-hydrogen) atoms. The number of sulfonamides is 1. The number of nitriles is 1. The van der Waals surface area contributed by atoms with E-state index in [-0.39, 0.29) is 30.4 Å². The molecule has 0 aromatic heterocycles. The van der Waals surface area contributed by atoms with Crippen molar-refractivity contribution in [2.45, 2.75) is 95.1 Å². The maximum Gasteiger partial charge on any atom is 0.264 e. The van der Waals surface area contributed by atoms with Crippen LogP contribution in [0.4, 0.5) is 10.1 Å². The molecule has 7 bridgehead atoms. The number of likely N-dealkylation sites (tertiary alicyclic amines) is 1. The van der Waals surface area contributed by atoms with Crippen LogP contribution in [-0.2, 0) is 33.4 Å². The molecule has 2 amide bonds. The number of hydrogen-bond donors (Lipinski definition) is 1. The van der Waals surface area contributed by atoms with Gasteiger partial charge in [-0.25, -0.2) is 17.5 Å². The molecule has 5 aliphatic rings. The fraction of sp³-hybridized carbons (Fsp3) is 0.564. The van der Waals surface area contributed by atoms with E-state index in [1.807, 2.05) is 17.0 Å². The Hall–Kier alpha value is -3.66. The Morgan fingerprint density at radius 1 is 1.12 bits per heavy atom. The number of aryl methyl sites for hydroxylation is 1. The summed E-state index contributed by atoms with van der Waals surface area (Å²) >= 11 is 6.92. The van der Waals surface area contributed by atoms with E-state index in [4.69, 9.17) is 16.3 Å². The van der Waals surface area contributed by atoms with Crippen molar-refractivity contribution in [3.8, 4) is 11.8 Å². The van der Waals surface area contributed by atoms with Crippen LogP contribution in [0.5, 0.6) is 5.75 Å². The van der Waals surface area contributed by atoms with E-state index in [2.05, 4.69) is 15.7 Å². The molecule has 2 aromatic rings. The van der Waals surface area contributed by atoms with Crippen LogP contribution in [0.3, 0.4) is 0 Å². The van der Waals surface area contributed by atoms with Crippen molar-refractivity contribution in [1.29, 1.82) is 5.26 Å². The van der Waals surface area contributed by atoms with Crippen molar-refractivity contribution in [2.24, 2.45) is 11.8 Å².